The summed E-state index contributed by atoms with van der Waals surface area (Å²) in [6, 6.07) is 4.83. The van der Waals surface area contributed by atoms with E-state index in [2.05, 4.69) is 16.5 Å². The highest BCUT2D eigenvalue weighted by Crippen LogP contribution is 2.30. The molecule has 8 heteroatoms. The highest BCUT2D eigenvalue weighted by molar-refractivity contribution is 6.02. The molecule has 0 spiro atoms. The Hall–Kier alpha value is -3.94. The molecule has 1 aromatic carbocycles. The molecule has 1 N–H and O–H groups in total. The summed E-state index contributed by atoms with van der Waals surface area (Å²) < 4.78 is 37.0. The smallest absolute Gasteiger partial charge is 0.274 e. The number of pyridine rings is 1. The maximum absolute atomic E-state index is 14.4. The third-order valence-corrected chi connectivity index (χ3v) is 5.07. The number of halogens is 2. The molecule has 0 unspecified atom stereocenters. The van der Waals surface area contributed by atoms with E-state index in [9.17, 15) is 13.6 Å². The van der Waals surface area contributed by atoms with Gasteiger partial charge in [0.05, 0.1) is 11.7 Å². The minimum Gasteiger partial charge on any atom is -0.451 e. The Bertz CT molecular complexity index is 1510. The van der Waals surface area contributed by atoms with Gasteiger partial charge in [-0.05, 0) is 25.1 Å². The van der Waals surface area contributed by atoms with Crippen molar-refractivity contribution in [3.63, 3.8) is 0 Å². The topological polar surface area (TPSA) is 64.8 Å². The van der Waals surface area contributed by atoms with Gasteiger partial charge in [-0.2, -0.15) is 0 Å². The Morgan fingerprint density at radius 1 is 1.23 bits per heavy atom. The maximum atomic E-state index is 14.4. The molecule has 0 bridgehead atoms. The SMILES string of the molecule is C=C(/C(Oc1ccc(F)cc1F)=c1/ncn(C)/c1=C/C)c1cn(C)c(=O)c2[nH]ccc12. The van der Waals surface area contributed by atoms with Crippen LogP contribution in [0.1, 0.15) is 12.5 Å². The average Bonchev–Trinajstić information content (AvgIpc) is 3.36. The molecule has 0 amide bonds. The van der Waals surface area contributed by atoms with Crippen molar-refractivity contribution in [2.45, 2.75) is 6.92 Å². The van der Waals surface area contributed by atoms with Crippen LogP contribution in [0.4, 0.5) is 8.78 Å². The van der Waals surface area contributed by atoms with Gasteiger partial charge in [-0.1, -0.05) is 12.7 Å². The number of aromatic nitrogens is 4. The van der Waals surface area contributed by atoms with Crippen molar-refractivity contribution in [3.05, 3.63) is 87.8 Å². The van der Waals surface area contributed by atoms with Gasteiger partial charge >= 0.3 is 0 Å². The fourth-order valence-electron chi connectivity index (χ4n) is 3.51. The second-order valence-corrected chi connectivity index (χ2v) is 7.09. The lowest BCUT2D eigenvalue weighted by molar-refractivity contribution is 0.461. The van der Waals surface area contributed by atoms with Crippen LogP contribution in [0.25, 0.3) is 28.3 Å². The Morgan fingerprint density at radius 2 is 2.00 bits per heavy atom. The summed E-state index contributed by atoms with van der Waals surface area (Å²) in [7, 11) is 3.45. The molecule has 6 nitrogen and oxygen atoms in total. The van der Waals surface area contributed by atoms with E-state index >= 15 is 0 Å². The molecule has 0 aliphatic heterocycles. The van der Waals surface area contributed by atoms with Gasteiger partial charge in [-0.15, -0.1) is 0 Å². The molecular formula is C23H20F2N4O2. The molecular weight excluding hydrogens is 402 g/mol. The zero-order valence-corrected chi connectivity index (χ0v) is 17.2. The van der Waals surface area contributed by atoms with Crippen molar-refractivity contribution in [1.82, 2.24) is 19.1 Å². The van der Waals surface area contributed by atoms with Gasteiger partial charge in [-0.25, -0.2) is 13.8 Å². The third-order valence-electron chi connectivity index (χ3n) is 5.07. The first-order valence-corrected chi connectivity index (χ1v) is 9.49. The quantitative estimate of drug-likeness (QED) is 0.550. The summed E-state index contributed by atoms with van der Waals surface area (Å²) in [5.74, 6) is -1.53. The van der Waals surface area contributed by atoms with Gasteiger partial charge in [0.1, 0.15) is 16.7 Å². The summed E-state index contributed by atoms with van der Waals surface area (Å²) >= 11 is 0. The molecule has 4 rings (SSSR count). The van der Waals surface area contributed by atoms with Gasteiger partial charge in [0.2, 0.25) is 0 Å². The standard InChI is InChI=1S/C23H20F2N4O2/c1-5-18-21(27-12-29(18)4)22(31-19-7-6-14(24)10-17(19)25)13(2)16-11-28(3)23(30)20-15(16)8-9-26-20/h5-12,26H,2H2,1,3-4H3/b18-5+,22-21-. The minimum atomic E-state index is -0.851. The van der Waals surface area contributed by atoms with E-state index in [0.717, 1.165) is 17.5 Å². The second-order valence-electron chi connectivity index (χ2n) is 7.09. The van der Waals surface area contributed by atoms with Crippen LogP contribution in [0.3, 0.4) is 0 Å². The van der Waals surface area contributed by atoms with Crippen molar-refractivity contribution in [2.75, 3.05) is 0 Å². The molecule has 4 aromatic rings. The van der Waals surface area contributed by atoms with E-state index in [1.807, 2.05) is 20.0 Å². The molecule has 31 heavy (non-hydrogen) atoms. The number of hydrogen-bond donors (Lipinski definition) is 1. The molecule has 0 aliphatic carbocycles. The van der Waals surface area contributed by atoms with Crippen LogP contribution in [0.2, 0.25) is 0 Å². The number of ether oxygens (including phenoxy) is 1. The van der Waals surface area contributed by atoms with Crippen LogP contribution in [-0.4, -0.2) is 19.1 Å². The number of benzene rings is 1. The van der Waals surface area contributed by atoms with Crippen molar-refractivity contribution >= 4 is 28.3 Å². The van der Waals surface area contributed by atoms with Gasteiger partial charge < -0.3 is 18.9 Å². The fraction of sp³-hybridized carbons (Fsp3) is 0.130. The van der Waals surface area contributed by atoms with Crippen LogP contribution in [0.5, 0.6) is 5.75 Å². The van der Waals surface area contributed by atoms with Crippen LogP contribution in [0, 0.1) is 11.6 Å². The number of aryl methyl sites for hydroxylation is 2. The van der Waals surface area contributed by atoms with Gasteiger partial charge in [0.25, 0.3) is 5.56 Å². The number of hydrogen-bond acceptors (Lipinski definition) is 3. The second kappa shape index (κ2) is 7.71. The summed E-state index contributed by atoms with van der Waals surface area (Å²) in [4.78, 5) is 19.8. The predicted molar refractivity (Wildman–Crippen MR) is 116 cm³/mol. The Kier molecular flexibility index (Phi) is 5.06. The van der Waals surface area contributed by atoms with Crippen molar-refractivity contribution in [2.24, 2.45) is 14.1 Å². The first kappa shape index (κ1) is 20.3. The van der Waals surface area contributed by atoms with E-state index in [1.165, 1.54) is 10.6 Å². The van der Waals surface area contributed by atoms with E-state index in [0.29, 0.717) is 27.4 Å². The first-order valence-electron chi connectivity index (χ1n) is 9.49. The van der Waals surface area contributed by atoms with Gasteiger partial charge in [0.15, 0.2) is 17.3 Å². The highest BCUT2D eigenvalue weighted by Gasteiger charge is 2.19. The molecule has 0 saturated carbocycles. The monoisotopic (exact) mass is 422 g/mol. The van der Waals surface area contributed by atoms with Crippen molar-refractivity contribution in [3.8, 4) is 5.75 Å². The average molecular weight is 422 g/mol. The highest BCUT2D eigenvalue weighted by atomic mass is 19.1. The Balaban J connectivity index is 2.01. The lowest BCUT2D eigenvalue weighted by atomic mass is 10.0. The Morgan fingerprint density at radius 3 is 2.71 bits per heavy atom. The molecule has 0 saturated heterocycles. The number of nitrogens with one attached hydrogen (secondary N) is 1. The Labute approximate surface area is 176 Å². The van der Waals surface area contributed by atoms with Crippen molar-refractivity contribution < 1.29 is 13.5 Å². The molecule has 0 aliphatic rings. The normalized spacial score (nSPS) is 13.0. The fourth-order valence-corrected chi connectivity index (χ4v) is 3.51. The van der Waals surface area contributed by atoms with Crippen LogP contribution in [0.15, 0.2) is 54.4 Å². The summed E-state index contributed by atoms with van der Waals surface area (Å²) in [5.41, 5.74) is 1.23. The van der Waals surface area contributed by atoms with E-state index < -0.39 is 11.6 Å². The number of fused-ring (bicyclic) bond motifs is 1. The summed E-state index contributed by atoms with van der Waals surface area (Å²) in [6.45, 7) is 6.02. The van der Waals surface area contributed by atoms with Crippen LogP contribution >= 0.6 is 0 Å². The van der Waals surface area contributed by atoms with Crippen LogP contribution < -0.4 is 21.0 Å². The van der Waals surface area contributed by atoms with E-state index in [1.54, 1.807) is 36.4 Å². The lowest BCUT2D eigenvalue weighted by Crippen LogP contribution is -2.32. The molecule has 0 fully saturated rings. The molecule has 3 aromatic heterocycles. The first-order chi connectivity index (χ1) is 14.8. The zero-order valence-electron chi connectivity index (χ0n) is 17.2. The number of nitrogens with zero attached hydrogens (tertiary/aromatic N) is 3. The van der Waals surface area contributed by atoms with Gasteiger partial charge in [0, 0.05) is 49.1 Å². The number of rotatable bonds is 4. The van der Waals surface area contributed by atoms with Crippen molar-refractivity contribution in [1.29, 1.82) is 0 Å². The molecule has 3 heterocycles. The molecule has 0 radical (unpaired) electrons. The molecule has 158 valence electrons. The predicted octanol–water partition coefficient (Wildman–Crippen LogP) is 2.58. The number of aromatic amines is 1. The lowest BCUT2D eigenvalue weighted by Gasteiger charge is -2.15. The summed E-state index contributed by atoms with van der Waals surface area (Å²) in [6.07, 6.45) is 6.75. The van der Waals surface area contributed by atoms with E-state index in [-0.39, 0.29) is 17.1 Å². The van der Waals surface area contributed by atoms with E-state index in [4.69, 9.17) is 4.74 Å². The third kappa shape index (κ3) is 3.46. The van der Waals surface area contributed by atoms with Gasteiger partial charge in [-0.3, -0.25) is 4.79 Å². The largest absolute Gasteiger partial charge is 0.451 e. The molecule has 0 atom stereocenters. The summed E-state index contributed by atoms with van der Waals surface area (Å²) in [5, 5.41) is 1.82. The van der Waals surface area contributed by atoms with Crippen LogP contribution in [-0.2, 0) is 14.1 Å². The number of H-pyrrole nitrogens is 1. The number of imidazole rings is 1. The maximum Gasteiger partial charge on any atom is 0.274 e. The zero-order chi connectivity index (χ0) is 22.3. The minimum absolute atomic E-state index is 0.166.